The van der Waals surface area contributed by atoms with Crippen molar-refractivity contribution in [1.29, 1.82) is 0 Å². The van der Waals surface area contributed by atoms with Gasteiger partial charge in [-0.15, -0.1) is 0 Å². The molecule has 1 unspecified atom stereocenters. The molecule has 0 aliphatic carbocycles. The highest BCUT2D eigenvalue weighted by Crippen LogP contribution is 2.20. The second-order valence-electron chi connectivity index (χ2n) is 7.30. The van der Waals surface area contributed by atoms with E-state index >= 15 is 0 Å². The van der Waals surface area contributed by atoms with Crippen LogP contribution in [-0.2, 0) is 20.6 Å². The molecule has 154 valence electrons. The Bertz CT molecular complexity index is 1490. The maximum Gasteiger partial charge on any atom is 0.332 e. The molecule has 0 amide bonds. The maximum atomic E-state index is 13.3. The molecule has 9 nitrogen and oxygen atoms in total. The standard InChI is InChI=1S/C22H19N7O2/c1-27-18-19(26-21(27)25-15-9-11-23-12-10-15)28(2)22(31)29(20(18)30)13-16-8-7-14-5-3-4-6-17(14)24-16/h3-6,9-12,16,24H,13H2,1-2H3,(H,23,25,26). The Morgan fingerprint density at radius 1 is 1.10 bits per heavy atom. The number of para-hydroxylation sites is 1. The summed E-state index contributed by atoms with van der Waals surface area (Å²) in [6.07, 6.45) is 3.31. The molecule has 0 saturated carbocycles. The zero-order valence-electron chi connectivity index (χ0n) is 17.0. The Balaban J connectivity index is 1.56. The van der Waals surface area contributed by atoms with Crippen LogP contribution >= 0.6 is 0 Å². The minimum Gasteiger partial charge on any atom is -0.369 e. The van der Waals surface area contributed by atoms with E-state index in [-0.39, 0.29) is 12.6 Å². The predicted octanol–water partition coefficient (Wildman–Crippen LogP) is 1.42. The molecular weight excluding hydrogens is 394 g/mol. The van der Waals surface area contributed by atoms with Gasteiger partial charge in [-0.05, 0) is 24.3 Å². The molecule has 0 bridgehead atoms. The van der Waals surface area contributed by atoms with Crippen molar-refractivity contribution in [3.63, 3.8) is 0 Å². The summed E-state index contributed by atoms with van der Waals surface area (Å²) in [5.74, 6) is 6.64. The molecule has 1 aromatic carbocycles. The molecule has 9 heteroatoms. The number of rotatable bonds is 4. The van der Waals surface area contributed by atoms with Crippen LogP contribution in [0.25, 0.3) is 11.2 Å². The fourth-order valence-corrected chi connectivity index (χ4v) is 3.66. The summed E-state index contributed by atoms with van der Waals surface area (Å²) in [7, 11) is 3.35. The summed E-state index contributed by atoms with van der Waals surface area (Å²) in [6.45, 7) is 0.126. The van der Waals surface area contributed by atoms with Crippen molar-refractivity contribution in [3.8, 4) is 11.8 Å². The summed E-state index contributed by atoms with van der Waals surface area (Å²) < 4.78 is 4.25. The lowest BCUT2D eigenvalue weighted by Gasteiger charge is -2.20. The van der Waals surface area contributed by atoms with Crippen molar-refractivity contribution in [2.24, 2.45) is 14.1 Å². The first kappa shape index (κ1) is 18.7. The van der Waals surface area contributed by atoms with Crippen molar-refractivity contribution < 1.29 is 0 Å². The summed E-state index contributed by atoms with van der Waals surface area (Å²) in [6, 6.07) is 10.9. The highest BCUT2D eigenvalue weighted by atomic mass is 16.2. The van der Waals surface area contributed by atoms with E-state index in [9.17, 15) is 9.59 Å². The van der Waals surface area contributed by atoms with Crippen LogP contribution in [-0.4, -0.2) is 29.7 Å². The number of benzene rings is 1. The first-order chi connectivity index (χ1) is 15.0. The largest absolute Gasteiger partial charge is 0.369 e. The number of aryl methyl sites for hydroxylation is 2. The van der Waals surface area contributed by atoms with E-state index in [0.717, 1.165) is 16.9 Å². The number of hydrogen-bond acceptors (Lipinski definition) is 6. The molecule has 0 saturated heterocycles. The van der Waals surface area contributed by atoms with Crippen LogP contribution in [0.1, 0.15) is 5.56 Å². The second-order valence-corrected chi connectivity index (χ2v) is 7.30. The van der Waals surface area contributed by atoms with Gasteiger partial charge in [-0.1, -0.05) is 24.0 Å². The van der Waals surface area contributed by atoms with Crippen LogP contribution in [0.3, 0.4) is 0 Å². The minimum absolute atomic E-state index is 0.126. The van der Waals surface area contributed by atoms with Gasteiger partial charge in [0.05, 0.1) is 12.2 Å². The Hall–Kier alpha value is -4.32. The van der Waals surface area contributed by atoms with Crippen LogP contribution in [0.15, 0.2) is 58.4 Å². The molecule has 0 fully saturated rings. The molecule has 0 radical (unpaired) electrons. The number of anilines is 3. The Morgan fingerprint density at radius 2 is 1.87 bits per heavy atom. The molecule has 1 atom stereocenters. The second kappa shape index (κ2) is 7.18. The van der Waals surface area contributed by atoms with Gasteiger partial charge in [0, 0.05) is 37.7 Å². The first-order valence-corrected chi connectivity index (χ1v) is 9.73. The molecule has 0 spiro atoms. The van der Waals surface area contributed by atoms with E-state index in [2.05, 4.69) is 32.4 Å². The van der Waals surface area contributed by atoms with Gasteiger partial charge in [-0.3, -0.25) is 18.9 Å². The monoisotopic (exact) mass is 413 g/mol. The van der Waals surface area contributed by atoms with Crippen molar-refractivity contribution in [1.82, 2.24) is 23.7 Å². The normalized spacial score (nSPS) is 14.5. The maximum absolute atomic E-state index is 13.3. The van der Waals surface area contributed by atoms with Crippen molar-refractivity contribution >= 4 is 28.5 Å². The highest BCUT2D eigenvalue weighted by molar-refractivity contribution is 5.75. The third kappa shape index (κ3) is 3.14. The SMILES string of the molecule is Cn1c(Nc2ccncc2)nc2c1c(=O)n(CC1C#Cc3ccccc3N1)c(=O)n2C. The number of pyridine rings is 1. The molecule has 1 aliphatic heterocycles. The van der Waals surface area contributed by atoms with Crippen LogP contribution in [0.5, 0.6) is 0 Å². The number of aromatic nitrogens is 5. The van der Waals surface area contributed by atoms with E-state index in [1.807, 2.05) is 24.3 Å². The summed E-state index contributed by atoms with van der Waals surface area (Å²) in [4.78, 5) is 34.7. The van der Waals surface area contributed by atoms with Gasteiger partial charge in [0.25, 0.3) is 5.56 Å². The van der Waals surface area contributed by atoms with E-state index in [1.165, 1.54) is 9.13 Å². The first-order valence-electron chi connectivity index (χ1n) is 9.73. The molecule has 31 heavy (non-hydrogen) atoms. The van der Waals surface area contributed by atoms with Gasteiger partial charge in [0.1, 0.15) is 6.04 Å². The molecule has 3 aromatic heterocycles. The number of hydrogen-bond donors (Lipinski definition) is 2. The summed E-state index contributed by atoms with van der Waals surface area (Å²) >= 11 is 0. The molecule has 5 rings (SSSR count). The Kier molecular flexibility index (Phi) is 4.33. The molecular formula is C22H19N7O2. The average Bonchev–Trinajstić information content (AvgIpc) is 3.12. The van der Waals surface area contributed by atoms with Gasteiger partial charge in [-0.2, -0.15) is 4.98 Å². The van der Waals surface area contributed by atoms with Crippen molar-refractivity contribution in [2.75, 3.05) is 10.6 Å². The third-order valence-electron chi connectivity index (χ3n) is 5.30. The zero-order chi connectivity index (χ0) is 21.5. The number of nitrogens with one attached hydrogen (secondary N) is 2. The fourth-order valence-electron chi connectivity index (χ4n) is 3.66. The van der Waals surface area contributed by atoms with Crippen LogP contribution in [0.4, 0.5) is 17.3 Å². The summed E-state index contributed by atoms with van der Waals surface area (Å²) in [5, 5.41) is 6.46. The van der Waals surface area contributed by atoms with Gasteiger partial charge in [-0.25, -0.2) is 4.79 Å². The minimum atomic E-state index is -0.437. The van der Waals surface area contributed by atoms with Crippen LogP contribution < -0.4 is 21.9 Å². The lowest BCUT2D eigenvalue weighted by molar-refractivity contribution is 0.585. The van der Waals surface area contributed by atoms with Crippen molar-refractivity contribution in [2.45, 2.75) is 12.6 Å². The van der Waals surface area contributed by atoms with Gasteiger partial charge >= 0.3 is 5.69 Å². The summed E-state index contributed by atoms with van der Waals surface area (Å²) in [5.41, 5.74) is 2.38. The Morgan fingerprint density at radius 3 is 2.68 bits per heavy atom. The number of imidazole rings is 1. The van der Waals surface area contributed by atoms with Gasteiger partial charge in [0.15, 0.2) is 11.2 Å². The molecule has 4 heterocycles. The molecule has 4 aromatic rings. The lowest BCUT2D eigenvalue weighted by Crippen LogP contribution is -2.43. The number of nitrogens with zero attached hydrogens (tertiary/aromatic N) is 5. The van der Waals surface area contributed by atoms with Crippen LogP contribution in [0.2, 0.25) is 0 Å². The van der Waals surface area contributed by atoms with Crippen LogP contribution in [0, 0.1) is 11.8 Å². The Labute approximate surface area is 177 Å². The highest BCUT2D eigenvalue weighted by Gasteiger charge is 2.21. The lowest BCUT2D eigenvalue weighted by atomic mass is 10.1. The van der Waals surface area contributed by atoms with E-state index in [0.29, 0.717) is 17.1 Å². The van der Waals surface area contributed by atoms with Crippen molar-refractivity contribution in [3.05, 3.63) is 75.2 Å². The quantitative estimate of drug-likeness (QED) is 0.491. The zero-order valence-corrected chi connectivity index (χ0v) is 17.0. The fraction of sp³-hybridized carbons (Fsp3) is 0.182. The average molecular weight is 413 g/mol. The van der Waals surface area contributed by atoms with E-state index in [4.69, 9.17) is 0 Å². The van der Waals surface area contributed by atoms with E-state index in [1.54, 1.807) is 43.2 Å². The molecule has 2 N–H and O–H groups in total. The van der Waals surface area contributed by atoms with Gasteiger partial charge < -0.3 is 15.2 Å². The topological polar surface area (TPSA) is 98.8 Å². The van der Waals surface area contributed by atoms with Gasteiger partial charge in [0.2, 0.25) is 5.95 Å². The third-order valence-corrected chi connectivity index (χ3v) is 5.30. The predicted molar refractivity (Wildman–Crippen MR) is 118 cm³/mol. The molecule has 1 aliphatic rings. The number of fused-ring (bicyclic) bond motifs is 2. The smallest absolute Gasteiger partial charge is 0.332 e. The van der Waals surface area contributed by atoms with E-state index < -0.39 is 11.2 Å².